The van der Waals surface area contributed by atoms with Crippen molar-refractivity contribution < 1.29 is 9.15 Å². The van der Waals surface area contributed by atoms with Crippen molar-refractivity contribution >= 4 is 34.8 Å². The topological polar surface area (TPSA) is 48.2 Å². The summed E-state index contributed by atoms with van der Waals surface area (Å²) in [4.78, 5) is 0. The third kappa shape index (κ3) is 4.20. The van der Waals surface area contributed by atoms with Crippen LogP contribution in [0.3, 0.4) is 0 Å². The van der Waals surface area contributed by atoms with Gasteiger partial charge in [-0.25, -0.2) is 0 Å². The average Bonchev–Trinajstić information content (AvgIpc) is 3.02. The summed E-state index contributed by atoms with van der Waals surface area (Å²) < 4.78 is 11.3. The largest absolute Gasteiger partial charge is 0.492 e. The smallest absolute Gasteiger partial charge is 0.249 e. The number of rotatable bonds is 6. The molecule has 0 unspecified atom stereocenters. The molecule has 3 aromatic rings. The molecule has 0 radical (unpaired) electrons. The van der Waals surface area contributed by atoms with Gasteiger partial charge in [-0.3, -0.25) is 0 Å². The van der Waals surface area contributed by atoms with E-state index in [1.165, 1.54) is 0 Å². The number of aromatic nitrogens is 2. The Morgan fingerprint density at radius 2 is 1.79 bits per heavy atom. The third-order valence-corrected chi connectivity index (χ3v) is 4.12. The number of benzene rings is 2. The predicted octanol–water partition coefficient (Wildman–Crippen LogP) is 5.71. The van der Waals surface area contributed by atoms with Gasteiger partial charge in [-0.15, -0.1) is 10.2 Å². The molecule has 3 rings (SSSR count). The van der Waals surface area contributed by atoms with E-state index in [2.05, 4.69) is 10.2 Å². The van der Waals surface area contributed by atoms with Crippen molar-refractivity contribution in [2.45, 2.75) is 12.8 Å². The second-order valence-electron chi connectivity index (χ2n) is 5.01. The predicted molar refractivity (Wildman–Crippen MR) is 95.0 cm³/mol. The van der Waals surface area contributed by atoms with Gasteiger partial charge >= 0.3 is 0 Å². The summed E-state index contributed by atoms with van der Waals surface area (Å²) in [6, 6.07) is 12.5. The molecule has 24 heavy (non-hydrogen) atoms. The molecule has 2 aromatic carbocycles. The van der Waals surface area contributed by atoms with Crippen molar-refractivity contribution in [1.82, 2.24) is 10.2 Å². The zero-order valence-corrected chi connectivity index (χ0v) is 14.8. The molecule has 0 N–H and O–H groups in total. The first kappa shape index (κ1) is 17.1. The number of ether oxygens (including phenoxy) is 1. The lowest BCUT2D eigenvalue weighted by atomic mass is 10.2. The number of nitrogens with zero attached hydrogens (tertiary/aromatic N) is 2. The molecule has 0 atom stereocenters. The fraction of sp³-hybridized carbons (Fsp3) is 0.176. The van der Waals surface area contributed by atoms with Crippen molar-refractivity contribution in [2.75, 3.05) is 6.61 Å². The van der Waals surface area contributed by atoms with Gasteiger partial charge in [-0.2, -0.15) is 0 Å². The van der Waals surface area contributed by atoms with Crippen molar-refractivity contribution in [2.24, 2.45) is 0 Å². The van der Waals surface area contributed by atoms with E-state index in [1.807, 2.05) is 18.2 Å². The number of hydrogen-bond acceptors (Lipinski definition) is 4. The SMILES string of the molecule is Clc1ccc(OCCCc2nnc(-c3ccccc3Cl)o2)c(Cl)c1. The van der Waals surface area contributed by atoms with Crippen LogP contribution in [0.1, 0.15) is 12.3 Å². The van der Waals surface area contributed by atoms with E-state index in [0.717, 1.165) is 5.56 Å². The van der Waals surface area contributed by atoms with Crippen LogP contribution in [0.5, 0.6) is 5.75 Å². The van der Waals surface area contributed by atoms with E-state index >= 15 is 0 Å². The zero-order chi connectivity index (χ0) is 16.9. The molecule has 7 heteroatoms. The van der Waals surface area contributed by atoms with Crippen molar-refractivity contribution in [1.29, 1.82) is 0 Å². The quantitative estimate of drug-likeness (QED) is 0.512. The van der Waals surface area contributed by atoms with Gasteiger partial charge in [0.1, 0.15) is 5.75 Å². The van der Waals surface area contributed by atoms with Crippen LogP contribution in [0.2, 0.25) is 15.1 Å². The summed E-state index contributed by atoms with van der Waals surface area (Å²) in [6.45, 7) is 0.477. The van der Waals surface area contributed by atoms with E-state index in [1.54, 1.807) is 24.3 Å². The van der Waals surface area contributed by atoms with Gasteiger partial charge in [-0.05, 0) is 36.8 Å². The van der Waals surface area contributed by atoms with Gasteiger partial charge in [0.25, 0.3) is 0 Å². The first-order chi connectivity index (χ1) is 11.6. The second-order valence-corrected chi connectivity index (χ2v) is 6.26. The van der Waals surface area contributed by atoms with Gasteiger partial charge in [0.2, 0.25) is 11.8 Å². The molecule has 1 heterocycles. The molecule has 0 spiro atoms. The molecular formula is C17H13Cl3N2O2. The van der Waals surface area contributed by atoms with Crippen molar-refractivity contribution in [3.05, 3.63) is 63.4 Å². The van der Waals surface area contributed by atoms with Crippen LogP contribution >= 0.6 is 34.8 Å². The zero-order valence-electron chi connectivity index (χ0n) is 12.5. The Hall–Kier alpha value is -1.75. The Kier molecular flexibility index (Phi) is 5.61. The fourth-order valence-electron chi connectivity index (χ4n) is 2.10. The molecule has 0 aliphatic carbocycles. The third-order valence-electron chi connectivity index (χ3n) is 3.26. The molecule has 0 amide bonds. The van der Waals surface area contributed by atoms with Crippen molar-refractivity contribution in [3.63, 3.8) is 0 Å². The van der Waals surface area contributed by atoms with Gasteiger partial charge in [0, 0.05) is 11.4 Å². The number of aryl methyl sites for hydroxylation is 1. The minimum absolute atomic E-state index is 0.414. The van der Waals surface area contributed by atoms with Crippen LogP contribution in [0.4, 0.5) is 0 Å². The minimum atomic E-state index is 0.414. The lowest BCUT2D eigenvalue weighted by Gasteiger charge is -2.07. The molecule has 1 aromatic heterocycles. The molecule has 0 fully saturated rings. The van der Waals surface area contributed by atoms with E-state index in [0.29, 0.717) is 52.0 Å². The molecular weight excluding hydrogens is 371 g/mol. The molecule has 0 saturated heterocycles. The Labute approximate surface area is 154 Å². The van der Waals surface area contributed by atoms with Crippen LogP contribution in [0.25, 0.3) is 11.5 Å². The average molecular weight is 384 g/mol. The Morgan fingerprint density at radius 3 is 2.58 bits per heavy atom. The van der Waals surface area contributed by atoms with E-state index < -0.39 is 0 Å². The standard InChI is InChI=1S/C17H13Cl3N2O2/c18-11-7-8-15(14(20)10-11)23-9-3-6-16-21-22-17(24-16)12-4-1-2-5-13(12)19/h1-2,4-5,7-8,10H,3,6,9H2. The number of halogens is 3. The van der Waals surface area contributed by atoms with Crippen LogP contribution < -0.4 is 4.74 Å². The Bertz CT molecular complexity index is 836. The van der Waals surface area contributed by atoms with Crippen LogP contribution in [0, 0.1) is 0 Å². The monoisotopic (exact) mass is 382 g/mol. The van der Waals surface area contributed by atoms with Crippen LogP contribution in [-0.4, -0.2) is 16.8 Å². The Morgan fingerprint density at radius 1 is 0.958 bits per heavy atom. The highest BCUT2D eigenvalue weighted by Crippen LogP contribution is 2.28. The highest BCUT2D eigenvalue weighted by molar-refractivity contribution is 6.35. The summed E-state index contributed by atoms with van der Waals surface area (Å²) in [5.41, 5.74) is 0.724. The Balaban J connectivity index is 1.54. The normalized spacial score (nSPS) is 10.8. The summed E-state index contributed by atoms with van der Waals surface area (Å²) in [5.74, 6) is 1.55. The first-order valence-corrected chi connectivity index (χ1v) is 8.42. The van der Waals surface area contributed by atoms with Crippen LogP contribution in [0.15, 0.2) is 46.9 Å². The van der Waals surface area contributed by atoms with E-state index in [9.17, 15) is 0 Å². The molecule has 0 aliphatic rings. The lowest BCUT2D eigenvalue weighted by Crippen LogP contribution is -2.00. The highest BCUT2D eigenvalue weighted by Gasteiger charge is 2.11. The summed E-state index contributed by atoms with van der Waals surface area (Å²) in [6.07, 6.45) is 1.31. The molecule has 0 bridgehead atoms. The summed E-state index contributed by atoms with van der Waals surface area (Å²) in [5, 5.41) is 9.70. The molecule has 0 aliphatic heterocycles. The van der Waals surface area contributed by atoms with Gasteiger partial charge in [0.15, 0.2) is 0 Å². The summed E-state index contributed by atoms with van der Waals surface area (Å²) >= 11 is 18.0. The van der Waals surface area contributed by atoms with Crippen LogP contribution in [-0.2, 0) is 6.42 Å². The number of hydrogen-bond donors (Lipinski definition) is 0. The first-order valence-electron chi connectivity index (χ1n) is 7.28. The molecule has 0 saturated carbocycles. The fourth-order valence-corrected chi connectivity index (χ4v) is 2.78. The van der Waals surface area contributed by atoms with E-state index in [4.69, 9.17) is 44.0 Å². The maximum Gasteiger partial charge on any atom is 0.249 e. The maximum absolute atomic E-state index is 6.12. The van der Waals surface area contributed by atoms with Gasteiger partial charge in [-0.1, -0.05) is 46.9 Å². The minimum Gasteiger partial charge on any atom is -0.492 e. The van der Waals surface area contributed by atoms with Gasteiger partial charge in [0.05, 0.1) is 22.2 Å². The summed E-state index contributed by atoms with van der Waals surface area (Å²) in [7, 11) is 0. The van der Waals surface area contributed by atoms with E-state index in [-0.39, 0.29) is 0 Å². The lowest BCUT2D eigenvalue weighted by molar-refractivity contribution is 0.305. The maximum atomic E-state index is 6.12. The second kappa shape index (κ2) is 7.88. The van der Waals surface area contributed by atoms with Crippen molar-refractivity contribution in [3.8, 4) is 17.2 Å². The molecule has 124 valence electrons. The highest BCUT2D eigenvalue weighted by atomic mass is 35.5. The van der Waals surface area contributed by atoms with Gasteiger partial charge < -0.3 is 9.15 Å². The molecule has 4 nitrogen and oxygen atoms in total.